The monoisotopic (exact) mass is 259 g/mol. The molecule has 0 aliphatic carbocycles. The Morgan fingerprint density at radius 1 is 1.59 bits per heavy atom. The number of carboxylic acids is 1. The van der Waals surface area contributed by atoms with E-state index >= 15 is 0 Å². The molecule has 0 spiro atoms. The summed E-state index contributed by atoms with van der Waals surface area (Å²) in [5.74, 6) is -0.765. The fourth-order valence-corrected chi connectivity index (χ4v) is 1.94. The number of carbonyl (C=O) groups is 1. The van der Waals surface area contributed by atoms with Gasteiger partial charge in [-0.25, -0.2) is 0 Å². The second kappa shape index (κ2) is 6.61. The third-order valence-corrected chi connectivity index (χ3v) is 2.98. The number of hydrogen-bond acceptors (Lipinski definition) is 3. The van der Waals surface area contributed by atoms with Crippen LogP contribution in [0.2, 0.25) is 5.02 Å². The van der Waals surface area contributed by atoms with Gasteiger partial charge in [0.1, 0.15) is 0 Å². The zero-order valence-electron chi connectivity index (χ0n) is 10.2. The lowest BCUT2D eigenvalue weighted by Gasteiger charge is -2.04. The van der Waals surface area contributed by atoms with Crippen molar-refractivity contribution in [2.45, 2.75) is 32.7 Å². The maximum atomic E-state index is 10.3. The molecule has 6 heteroatoms. The van der Waals surface area contributed by atoms with Gasteiger partial charge in [0.25, 0.3) is 0 Å². The lowest BCUT2D eigenvalue weighted by Crippen LogP contribution is -2.18. The van der Waals surface area contributed by atoms with E-state index in [9.17, 15) is 4.79 Å². The van der Waals surface area contributed by atoms with Crippen molar-refractivity contribution >= 4 is 17.6 Å². The Kier molecular flexibility index (Phi) is 5.44. The molecule has 0 aromatic carbocycles. The fraction of sp³-hybridized carbons (Fsp3) is 0.636. The largest absolute Gasteiger partial charge is 0.481 e. The molecule has 0 bridgehead atoms. The minimum absolute atomic E-state index is 0.187. The number of aromatic nitrogens is 2. The Morgan fingerprint density at radius 2 is 2.29 bits per heavy atom. The van der Waals surface area contributed by atoms with Crippen molar-refractivity contribution in [3.05, 3.63) is 16.4 Å². The van der Waals surface area contributed by atoms with Gasteiger partial charge in [0, 0.05) is 20.0 Å². The smallest absolute Gasteiger partial charge is 0.303 e. The van der Waals surface area contributed by atoms with Crippen molar-refractivity contribution in [2.75, 3.05) is 6.54 Å². The summed E-state index contributed by atoms with van der Waals surface area (Å²) in [6.45, 7) is 3.29. The summed E-state index contributed by atoms with van der Waals surface area (Å²) in [6.07, 6.45) is 1.61. The molecule has 0 aliphatic heterocycles. The Bertz CT molecular complexity index is 390. The minimum atomic E-state index is -0.765. The summed E-state index contributed by atoms with van der Waals surface area (Å²) in [5.41, 5.74) is 1.84. The summed E-state index contributed by atoms with van der Waals surface area (Å²) in [7, 11) is 1.86. The number of nitrogens with one attached hydrogen (secondary N) is 1. The summed E-state index contributed by atoms with van der Waals surface area (Å²) in [6, 6.07) is 0. The molecule has 0 aliphatic rings. The number of aryl methyl sites for hydroxylation is 2. The van der Waals surface area contributed by atoms with Crippen LogP contribution in [-0.2, 0) is 24.8 Å². The Labute approximate surface area is 106 Å². The van der Waals surface area contributed by atoms with Crippen molar-refractivity contribution in [2.24, 2.45) is 7.05 Å². The van der Waals surface area contributed by atoms with Gasteiger partial charge in [-0.3, -0.25) is 9.48 Å². The first-order valence-electron chi connectivity index (χ1n) is 5.69. The van der Waals surface area contributed by atoms with Crippen LogP contribution in [0.4, 0.5) is 0 Å². The summed E-state index contributed by atoms with van der Waals surface area (Å²) < 4.78 is 1.77. The van der Waals surface area contributed by atoms with E-state index in [1.807, 2.05) is 14.0 Å². The molecule has 0 fully saturated rings. The lowest BCUT2D eigenvalue weighted by atomic mass is 10.3. The fourth-order valence-electron chi connectivity index (χ4n) is 1.58. The van der Waals surface area contributed by atoms with Crippen molar-refractivity contribution in [1.29, 1.82) is 0 Å². The highest BCUT2D eigenvalue weighted by Gasteiger charge is 2.11. The SMILES string of the molecule is CCc1nn(C)c(CNCCCC(=O)O)c1Cl. The summed E-state index contributed by atoms with van der Waals surface area (Å²) >= 11 is 6.18. The van der Waals surface area contributed by atoms with Gasteiger partial charge >= 0.3 is 5.97 Å². The van der Waals surface area contributed by atoms with Crippen LogP contribution in [0.1, 0.15) is 31.2 Å². The zero-order chi connectivity index (χ0) is 12.8. The van der Waals surface area contributed by atoms with Gasteiger partial charge in [-0.05, 0) is 19.4 Å². The van der Waals surface area contributed by atoms with E-state index in [1.54, 1.807) is 4.68 Å². The van der Waals surface area contributed by atoms with Crippen LogP contribution >= 0.6 is 11.6 Å². The van der Waals surface area contributed by atoms with Gasteiger partial charge < -0.3 is 10.4 Å². The first-order valence-corrected chi connectivity index (χ1v) is 6.06. The molecule has 1 aromatic rings. The van der Waals surface area contributed by atoms with Crippen LogP contribution in [0.5, 0.6) is 0 Å². The molecule has 1 aromatic heterocycles. The lowest BCUT2D eigenvalue weighted by molar-refractivity contribution is -0.137. The van der Waals surface area contributed by atoms with Crippen LogP contribution in [0.15, 0.2) is 0 Å². The molecule has 17 heavy (non-hydrogen) atoms. The van der Waals surface area contributed by atoms with E-state index in [4.69, 9.17) is 16.7 Å². The molecule has 0 radical (unpaired) electrons. The number of hydrogen-bond donors (Lipinski definition) is 2. The van der Waals surface area contributed by atoms with Crippen LogP contribution < -0.4 is 5.32 Å². The van der Waals surface area contributed by atoms with Crippen LogP contribution in [0.25, 0.3) is 0 Å². The average molecular weight is 260 g/mol. The maximum absolute atomic E-state index is 10.3. The average Bonchev–Trinajstić information content (AvgIpc) is 2.54. The number of aliphatic carboxylic acids is 1. The second-order valence-electron chi connectivity index (χ2n) is 3.86. The van der Waals surface area contributed by atoms with Crippen LogP contribution in [0.3, 0.4) is 0 Å². The normalized spacial score (nSPS) is 10.8. The van der Waals surface area contributed by atoms with Crippen molar-refractivity contribution in [3.63, 3.8) is 0 Å². The third kappa shape index (κ3) is 4.02. The predicted molar refractivity (Wildman–Crippen MR) is 66.2 cm³/mol. The Balaban J connectivity index is 2.41. The molecule has 1 heterocycles. The molecule has 5 nitrogen and oxygen atoms in total. The molecule has 0 saturated carbocycles. The van der Waals surface area contributed by atoms with Gasteiger partial charge in [0.2, 0.25) is 0 Å². The molecule has 0 amide bonds. The van der Waals surface area contributed by atoms with Crippen molar-refractivity contribution in [1.82, 2.24) is 15.1 Å². The predicted octanol–water partition coefficient (Wildman–Crippen LogP) is 1.59. The van der Waals surface area contributed by atoms with Crippen LogP contribution in [0, 0.1) is 0 Å². The topological polar surface area (TPSA) is 67.2 Å². The van der Waals surface area contributed by atoms with Crippen molar-refractivity contribution < 1.29 is 9.90 Å². The second-order valence-corrected chi connectivity index (χ2v) is 4.24. The maximum Gasteiger partial charge on any atom is 0.303 e. The van der Waals surface area contributed by atoms with Gasteiger partial charge in [-0.1, -0.05) is 18.5 Å². The summed E-state index contributed by atoms with van der Waals surface area (Å²) in [4.78, 5) is 10.3. The zero-order valence-corrected chi connectivity index (χ0v) is 10.9. The van der Waals surface area contributed by atoms with E-state index in [0.29, 0.717) is 24.5 Å². The molecule has 0 saturated heterocycles. The first-order chi connectivity index (χ1) is 8.06. The number of nitrogens with zero attached hydrogens (tertiary/aromatic N) is 2. The number of carboxylic acid groups (broad SMARTS) is 1. The molecule has 0 unspecified atom stereocenters. The molecule has 96 valence electrons. The molecule has 1 rings (SSSR count). The Morgan fingerprint density at radius 3 is 2.82 bits per heavy atom. The van der Waals surface area contributed by atoms with E-state index < -0.39 is 5.97 Å². The van der Waals surface area contributed by atoms with Gasteiger partial charge in [-0.15, -0.1) is 0 Å². The summed E-state index contributed by atoms with van der Waals surface area (Å²) in [5, 5.41) is 16.7. The molecule has 2 N–H and O–H groups in total. The van der Waals surface area contributed by atoms with E-state index in [1.165, 1.54) is 0 Å². The highest BCUT2D eigenvalue weighted by atomic mass is 35.5. The van der Waals surface area contributed by atoms with Gasteiger partial charge in [-0.2, -0.15) is 5.10 Å². The van der Waals surface area contributed by atoms with Crippen LogP contribution in [-0.4, -0.2) is 27.4 Å². The van der Waals surface area contributed by atoms with Gasteiger partial charge in [0.05, 0.1) is 16.4 Å². The third-order valence-electron chi connectivity index (χ3n) is 2.54. The quantitative estimate of drug-likeness (QED) is 0.730. The highest BCUT2D eigenvalue weighted by Crippen LogP contribution is 2.20. The minimum Gasteiger partial charge on any atom is -0.481 e. The molecule has 0 atom stereocenters. The molecular formula is C11H18ClN3O2. The number of rotatable bonds is 7. The van der Waals surface area contributed by atoms with E-state index in [0.717, 1.165) is 17.8 Å². The van der Waals surface area contributed by atoms with E-state index in [-0.39, 0.29) is 6.42 Å². The highest BCUT2D eigenvalue weighted by molar-refractivity contribution is 6.31. The number of halogens is 1. The standard InChI is InChI=1S/C11H18ClN3O2/c1-3-8-11(12)9(15(2)14-8)7-13-6-4-5-10(16)17/h13H,3-7H2,1-2H3,(H,16,17). The Hall–Kier alpha value is -1.07. The van der Waals surface area contributed by atoms with Crippen molar-refractivity contribution in [3.8, 4) is 0 Å². The van der Waals surface area contributed by atoms with E-state index in [2.05, 4.69) is 10.4 Å². The molecular weight excluding hydrogens is 242 g/mol. The van der Waals surface area contributed by atoms with Gasteiger partial charge in [0.15, 0.2) is 0 Å². The first kappa shape index (κ1) is 14.0.